The van der Waals surface area contributed by atoms with Crippen molar-refractivity contribution in [1.82, 2.24) is 0 Å². The van der Waals surface area contributed by atoms with Crippen LogP contribution in [-0.2, 0) is 30.5 Å². The number of rotatable bonds is 19. The lowest BCUT2D eigenvalue weighted by molar-refractivity contribution is 0.582. The minimum absolute atomic E-state index is 0.0114. The fourth-order valence-corrected chi connectivity index (χ4v) is 13.0. The Labute approximate surface area is 324 Å². The van der Waals surface area contributed by atoms with Crippen molar-refractivity contribution in [3.05, 3.63) is 71.8 Å². The summed E-state index contributed by atoms with van der Waals surface area (Å²) in [4.78, 5) is 3.28. The van der Waals surface area contributed by atoms with Gasteiger partial charge in [0.25, 0.3) is 0 Å². The molecule has 0 saturated heterocycles. The summed E-state index contributed by atoms with van der Waals surface area (Å²) in [6.07, 6.45) is 11.8. The Morgan fingerprint density at radius 2 is 0.769 bits per heavy atom. The lowest BCUT2D eigenvalue weighted by atomic mass is 9.86. The van der Waals surface area contributed by atoms with E-state index in [1.807, 2.05) is 0 Å². The fourth-order valence-electron chi connectivity index (χ4n) is 6.45. The molecule has 0 aliphatic rings. The molecular weight excluding hydrogens is 721 g/mol. The van der Waals surface area contributed by atoms with Crippen LogP contribution in [0.5, 0.6) is 0 Å². The smallest absolute Gasteiger partial charge is 0.179 e. The highest BCUT2D eigenvalue weighted by molar-refractivity contribution is 7.92. The van der Waals surface area contributed by atoms with E-state index in [0.29, 0.717) is 22.6 Å². The average molecular weight is 783 g/mol. The van der Waals surface area contributed by atoms with Crippen molar-refractivity contribution in [3.8, 4) is 30.6 Å². The molecule has 8 heteroatoms. The van der Waals surface area contributed by atoms with Crippen molar-refractivity contribution in [2.75, 3.05) is 11.5 Å². The molecule has 2 aromatic carbocycles. The normalized spacial score (nSPS) is 12.8. The van der Waals surface area contributed by atoms with Crippen molar-refractivity contribution in [1.29, 1.82) is 0 Å². The average Bonchev–Trinajstić information content (AvgIpc) is 3.74. The van der Waals surface area contributed by atoms with Gasteiger partial charge < -0.3 is 0 Å². The van der Waals surface area contributed by atoms with Gasteiger partial charge >= 0.3 is 0 Å². The molecule has 0 radical (unpaired) electrons. The van der Waals surface area contributed by atoms with Gasteiger partial charge in [-0.25, -0.2) is 16.8 Å². The van der Waals surface area contributed by atoms with Gasteiger partial charge in [0.2, 0.25) is 0 Å². The van der Waals surface area contributed by atoms with Crippen LogP contribution in [-0.4, -0.2) is 28.3 Å². The van der Waals surface area contributed by atoms with Gasteiger partial charge in [-0.15, -0.1) is 22.7 Å². The summed E-state index contributed by atoms with van der Waals surface area (Å²) in [5.74, 6) is 0.106. The minimum Gasteiger partial charge on any atom is -0.224 e. The molecular formula is C44H62O4S4. The Morgan fingerprint density at radius 1 is 0.462 bits per heavy atom. The van der Waals surface area contributed by atoms with Crippen LogP contribution in [0.1, 0.15) is 144 Å². The van der Waals surface area contributed by atoms with E-state index in [-0.39, 0.29) is 32.1 Å². The maximum Gasteiger partial charge on any atom is 0.179 e. The largest absolute Gasteiger partial charge is 0.224 e. The van der Waals surface area contributed by atoms with Crippen LogP contribution >= 0.6 is 22.7 Å². The molecule has 2 aromatic heterocycles. The number of sulfone groups is 2. The van der Waals surface area contributed by atoms with Crippen LogP contribution in [0.3, 0.4) is 0 Å². The van der Waals surface area contributed by atoms with E-state index < -0.39 is 19.7 Å². The first-order valence-electron chi connectivity index (χ1n) is 19.4. The van der Waals surface area contributed by atoms with E-state index in [0.717, 1.165) is 85.1 Å². The zero-order valence-electron chi connectivity index (χ0n) is 32.9. The topological polar surface area (TPSA) is 68.3 Å². The molecule has 52 heavy (non-hydrogen) atoms. The van der Waals surface area contributed by atoms with Crippen molar-refractivity contribution < 1.29 is 16.8 Å². The van der Waals surface area contributed by atoms with E-state index in [1.165, 1.54) is 33.8 Å². The summed E-state index contributed by atoms with van der Waals surface area (Å²) >= 11 is 2.81. The van der Waals surface area contributed by atoms with Crippen LogP contribution in [0.2, 0.25) is 0 Å². The zero-order valence-corrected chi connectivity index (χ0v) is 36.2. The third-order valence-electron chi connectivity index (χ3n) is 9.88. The number of benzene rings is 2. The highest BCUT2D eigenvalue weighted by Crippen LogP contribution is 2.49. The first-order valence-corrected chi connectivity index (χ1v) is 24.4. The molecule has 0 N–H and O–H groups in total. The van der Waals surface area contributed by atoms with Crippen molar-refractivity contribution in [3.63, 3.8) is 0 Å². The molecule has 286 valence electrons. The molecule has 0 unspecified atom stereocenters. The molecule has 4 rings (SSSR count). The first-order chi connectivity index (χ1) is 24.5. The number of hydrogen-bond acceptors (Lipinski definition) is 6. The van der Waals surface area contributed by atoms with Crippen LogP contribution in [0.4, 0.5) is 0 Å². The fraction of sp³-hybridized carbons (Fsp3) is 0.545. The van der Waals surface area contributed by atoms with Crippen molar-refractivity contribution in [2.45, 2.75) is 153 Å². The van der Waals surface area contributed by atoms with E-state index in [9.17, 15) is 16.8 Å². The Balaban J connectivity index is 1.84. The molecule has 0 spiro atoms. The van der Waals surface area contributed by atoms with Gasteiger partial charge in [-0.3, -0.25) is 0 Å². The van der Waals surface area contributed by atoms with Gasteiger partial charge in [-0.2, -0.15) is 0 Å². The van der Waals surface area contributed by atoms with Crippen LogP contribution < -0.4 is 0 Å². The monoisotopic (exact) mass is 782 g/mol. The van der Waals surface area contributed by atoms with Gasteiger partial charge in [-0.1, -0.05) is 168 Å². The highest BCUT2D eigenvalue weighted by Gasteiger charge is 2.31. The number of thiophene rings is 2. The first kappa shape index (κ1) is 42.5. The lowest BCUT2D eigenvalue weighted by Gasteiger charge is -2.19. The van der Waals surface area contributed by atoms with Crippen LogP contribution in [0, 0.1) is 0 Å². The summed E-state index contributed by atoms with van der Waals surface area (Å²) < 4.78 is 57.1. The third-order valence-corrected chi connectivity index (χ3v) is 16.3. The van der Waals surface area contributed by atoms with E-state index in [1.54, 1.807) is 12.1 Å². The molecule has 0 atom stereocenters. The Kier molecular flexibility index (Phi) is 15.0. The second kappa shape index (κ2) is 18.4. The van der Waals surface area contributed by atoms with E-state index >= 15 is 0 Å². The van der Waals surface area contributed by atoms with Gasteiger partial charge in [0.1, 0.15) is 0 Å². The molecule has 0 amide bonds. The van der Waals surface area contributed by atoms with Gasteiger partial charge in [-0.05, 0) is 58.1 Å². The zero-order chi connectivity index (χ0) is 38.2. The van der Waals surface area contributed by atoms with E-state index in [2.05, 4.69) is 104 Å². The standard InChI is InChI=1S/C44H62O4S4/c1-9-11-13-15-17-19-29-51(45,46)39-31-37(33-21-25-35(26-22-33)43(3,4)5)49-41(39)42-40(52(47,48)30-20-18-16-14-12-10-2)32-38(50-42)34-23-27-36(28-24-34)44(6,7)8/h21-28,31-32H,9-20,29-30H2,1-8H3. The maximum atomic E-state index is 14.3. The molecule has 0 bridgehead atoms. The predicted octanol–water partition coefficient (Wildman–Crippen LogP) is 13.7. The quantitative estimate of drug-likeness (QED) is 0.0888. The highest BCUT2D eigenvalue weighted by atomic mass is 32.2. The van der Waals surface area contributed by atoms with Crippen molar-refractivity contribution >= 4 is 42.3 Å². The van der Waals surface area contributed by atoms with E-state index in [4.69, 9.17) is 0 Å². The summed E-state index contributed by atoms with van der Waals surface area (Å²) in [7, 11) is -7.40. The SMILES string of the molecule is CCCCCCCCS(=O)(=O)c1cc(-c2ccc(C(C)(C)C)cc2)sc1-c1sc(-c2ccc(C(C)(C)C)cc2)cc1S(=O)(=O)CCCCCCCC. The molecule has 2 heterocycles. The predicted molar refractivity (Wildman–Crippen MR) is 227 cm³/mol. The summed E-state index contributed by atoms with van der Waals surface area (Å²) in [6.45, 7) is 17.4. The van der Waals surface area contributed by atoms with Crippen LogP contribution in [0.15, 0.2) is 70.5 Å². The second-order valence-electron chi connectivity index (χ2n) is 16.4. The van der Waals surface area contributed by atoms with Crippen molar-refractivity contribution in [2.24, 2.45) is 0 Å². The third kappa shape index (κ3) is 11.4. The molecule has 0 aliphatic heterocycles. The summed E-state index contributed by atoms with van der Waals surface area (Å²) in [5.41, 5.74) is 4.25. The second-order valence-corrected chi connectivity index (χ2v) is 22.7. The minimum atomic E-state index is -3.70. The van der Waals surface area contributed by atoms with Gasteiger partial charge in [0.15, 0.2) is 19.7 Å². The Hall–Kier alpha value is -2.26. The lowest BCUT2D eigenvalue weighted by Crippen LogP contribution is -2.10. The van der Waals surface area contributed by atoms with Gasteiger partial charge in [0, 0.05) is 9.75 Å². The molecule has 4 aromatic rings. The molecule has 0 fully saturated rings. The Morgan fingerprint density at radius 3 is 1.08 bits per heavy atom. The Bertz CT molecular complexity index is 1790. The molecule has 4 nitrogen and oxygen atoms in total. The molecule has 0 saturated carbocycles. The van der Waals surface area contributed by atoms with Crippen LogP contribution in [0.25, 0.3) is 30.6 Å². The maximum absolute atomic E-state index is 14.3. The summed E-state index contributed by atoms with van der Waals surface area (Å²) in [5, 5.41) is 0. The number of hydrogen-bond donors (Lipinski definition) is 0. The number of unbranched alkanes of at least 4 members (excludes halogenated alkanes) is 10. The van der Waals surface area contributed by atoms with Gasteiger partial charge in [0.05, 0.1) is 31.1 Å². The summed E-state index contributed by atoms with van der Waals surface area (Å²) in [6, 6.07) is 20.3. The molecule has 0 aliphatic carbocycles.